The van der Waals surface area contributed by atoms with Gasteiger partial charge in [-0.05, 0) is 47.1 Å². The van der Waals surface area contributed by atoms with Gasteiger partial charge < -0.3 is 15.2 Å². The maximum atomic E-state index is 12.3. The van der Waals surface area contributed by atoms with Gasteiger partial charge in [-0.25, -0.2) is 4.98 Å². The van der Waals surface area contributed by atoms with Crippen molar-refractivity contribution in [2.45, 2.75) is 13.0 Å². The summed E-state index contributed by atoms with van der Waals surface area (Å²) >= 11 is 3.42. The number of amides is 1. The van der Waals surface area contributed by atoms with Crippen LogP contribution in [-0.4, -0.2) is 29.5 Å². The minimum absolute atomic E-state index is 0.107. The van der Waals surface area contributed by atoms with Crippen LogP contribution in [0.25, 0.3) is 10.9 Å². The van der Waals surface area contributed by atoms with Gasteiger partial charge in [0.15, 0.2) is 12.4 Å². The number of para-hydroxylation sites is 2. The number of halogens is 1. The van der Waals surface area contributed by atoms with Crippen LogP contribution in [0.4, 0.5) is 5.69 Å². The zero-order chi connectivity index (χ0) is 18.7. The number of carbonyl (C=O) groups is 1. The SMILES string of the molecule is C[C@H](c1nc2ccccc2c(=O)[nH]1)[NH+](C)CC(=O)Nc1ccccc1Br. The highest BCUT2D eigenvalue weighted by molar-refractivity contribution is 9.10. The number of quaternary nitrogens is 1. The van der Waals surface area contributed by atoms with E-state index in [9.17, 15) is 9.59 Å². The fourth-order valence-electron chi connectivity index (χ4n) is 2.71. The van der Waals surface area contributed by atoms with E-state index in [4.69, 9.17) is 0 Å². The quantitative estimate of drug-likeness (QED) is 0.595. The first kappa shape index (κ1) is 18.3. The molecular formula is C19H20BrN4O2+. The Balaban J connectivity index is 1.73. The number of H-pyrrole nitrogens is 1. The average Bonchev–Trinajstić information content (AvgIpc) is 2.63. The molecule has 0 aliphatic heterocycles. The molecule has 0 saturated heterocycles. The van der Waals surface area contributed by atoms with Gasteiger partial charge in [0.25, 0.3) is 11.5 Å². The van der Waals surface area contributed by atoms with Gasteiger partial charge in [0.1, 0.15) is 6.04 Å². The molecule has 1 unspecified atom stereocenters. The standard InChI is InChI=1S/C19H19BrN4O2/c1-12(18-22-15-9-5-3-7-13(15)19(26)23-18)24(2)11-17(25)21-16-10-6-4-8-14(16)20/h3-10,12H,11H2,1-2H3,(H,21,25)(H,22,23,26)/p+1/t12-/m1/s1. The first-order valence-corrected chi connectivity index (χ1v) is 9.10. The summed E-state index contributed by atoms with van der Waals surface area (Å²) in [6.07, 6.45) is 0. The molecule has 1 heterocycles. The number of nitrogens with zero attached hydrogens (tertiary/aromatic N) is 1. The van der Waals surface area contributed by atoms with Crippen molar-refractivity contribution in [3.63, 3.8) is 0 Å². The molecule has 1 amide bonds. The maximum absolute atomic E-state index is 12.3. The number of aromatic nitrogens is 2. The van der Waals surface area contributed by atoms with E-state index in [0.717, 1.165) is 15.1 Å². The molecule has 3 rings (SSSR count). The number of fused-ring (bicyclic) bond motifs is 1. The fourth-order valence-corrected chi connectivity index (χ4v) is 3.09. The van der Waals surface area contributed by atoms with Gasteiger partial charge in [0.05, 0.1) is 23.6 Å². The summed E-state index contributed by atoms with van der Waals surface area (Å²) in [6, 6.07) is 14.5. The predicted octanol–water partition coefficient (Wildman–Crippen LogP) is 1.90. The van der Waals surface area contributed by atoms with Gasteiger partial charge in [-0.1, -0.05) is 24.3 Å². The molecule has 0 radical (unpaired) electrons. The van der Waals surface area contributed by atoms with E-state index in [-0.39, 0.29) is 24.1 Å². The molecule has 0 bridgehead atoms. The Hall–Kier alpha value is -2.51. The monoisotopic (exact) mass is 415 g/mol. The van der Waals surface area contributed by atoms with Crippen molar-refractivity contribution in [3.05, 3.63) is 69.2 Å². The van der Waals surface area contributed by atoms with Crippen LogP contribution < -0.4 is 15.8 Å². The molecule has 3 N–H and O–H groups in total. The lowest BCUT2D eigenvalue weighted by Crippen LogP contribution is -3.10. The van der Waals surface area contributed by atoms with E-state index < -0.39 is 0 Å². The third-order valence-electron chi connectivity index (χ3n) is 4.37. The molecule has 7 heteroatoms. The number of rotatable bonds is 5. The van der Waals surface area contributed by atoms with Gasteiger partial charge in [0, 0.05) is 4.47 Å². The highest BCUT2D eigenvalue weighted by atomic mass is 79.9. The van der Waals surface area contributed by atoms with Crippen LogP contribution in [0.1, 0.15) is 18.8 Å². The third-order valence-corrected chi connectivity index (χ3v) is 5.06. The van der Waals surface area contributed by atoms with E-state index in [1.165, 1.54) is 0 Å². The number of hydrogen-bond donors (Lipinski definition) is 3. The number of benzene rings is 2. The largest absolute Gasteiger partial charge is 0.321 e. The summed E-state index contributed by atoms with van der Waals surface area (Å²) in [5.41, 5.74) is 1.22. The van der Waals surface area contributed by atoms with E-state index >= 15 is 0 Å². The van der Waals surface area contributed by atoms with Crippen LogP contribution in [0.5, 0.6) is 0 Å². The Morgan fingerprint density at radius 2 is 1.92 bits per heavy atom. The lowest BCUT2D eigenvalue weighted by molar-refractivity contribution is -0.902. The first-order valence-electron chi connectivity index (χ1n) is 8.31. The first-order chi connectivity index (χ1) is 12.5. The van der Waals surface area contributed by atoms with Gasteiger partial charge in [-0.2, -0.15) is 0 Å². The summed E-state index contributed by atoms with van der Waals surface area (Å²) in [5, 5.41) is 3.45. The summed E-state index contributed by atoms with van der Waals surface area (Å²) in [4.78, 5) is 32.9. The van der Waals surface area contributed by atoms with Crippen LogP contribution in [0.15, 0.2) is 57.8 Å². The van der Waals surface area contributed by atoms with Gasteiger partial charge in [-0.15, -0.1) is 0 Å². The van der Waals surface area contributed by atoms with Crippen molar-refractivity contribution in [1.82, 2.24) is 9.97 Å². The van der Waals surface area contributed by atoms with Crippen molar-refractivity contribution in [2.75, 3.05) is 18.9 Å². The van der Waals surface area contributed by atoms with E-state index in [1.807, 2.05) is 56.4 Å². The lowest BCUT2D eigenvalue weighted by atomic mass is 10.2. The second-order valence-corrected chi connectivity index (χ2v) is 7.10. The van der Waals surface area contributed by atoms with Gasteiger partial charge >= 0.3 is 0 Å². The second kappa shape index (κ2) is 7.80. The van der Waals surface area contributed by atoms with Crippen molar-refractivity contribution < 1.29 is 9.69 Å². The normalized spacial score (nSPS) is 13.3. The number of nitrogens with one attached hydrogen (secondary N) is 3. The van der Waals surface area contributed by atoms with Crippen LogP contribution in [0, 0.1) is 0 Å². The molecule has 0 aliphatic carbocycles. The summed E-state index contributed by atoms with van der Waals surface area (Å²) in [7, 11) is 1.90. The Morgan fingerprint density at radius 3 is 2.69 bits per heavy atom. The van der Waals surface area contributed by atoms with Crippen LogP contribution in [0.3, 0.4) is 0 Å². The molecule has 0 aliphatic rings. The van der Waals surface area contributed by atoms with Crippen LogP contribution in [0.2, 0.25) is 0 Å². The smallest absolute Gasteiger partial charge is 0.279 e. The zero-order valence-corrected chi connectivity index (χ0v) is 16.1. The van der Waals surface area contributed by atoms with Crippen molar-refractivity contribution >= 4 is 38.4 Å². The molecule has 0 saturated carbocycles. The number of anilines is 1. The Morgan fingerprint density at radius 1 is 1.23 bits per heavy atom. The topological polar surface area (TPSA) is 79.3 Å². The lowest BCUT2D eigenvalue weighted by Gasteiger charge is -2.20. The highest BCUT2D eigenvalue weighted by Crippen LogP contribution is 2.20. The molecule has 2 atom stereocenters. The average molecular weight is 416 g/mol. The van der Waals surface area contributed by atoms with Crippen molar-refractivity contribution in [2.24, 2.45) is 0 Å². The molecule has 3 aromatic rings. The van der Waals surface area contributed by atoms with E-state index in [0.29, 0.717) is 16.7 Å². The molecule has 6 nitrogen and oxygen atoms in total. The Labute approximate surface area is 159 Å². The summed E-state index contributed by atoms with van der Waals surface area (Å²) in [5.74, 6) is 0.462. The van der Waals surface area contributed by atoms with E-state index in [1.54, 1.807) is 6.07 Å². The Kier molecular flexibility index (Phi) is 5.49. The van der Waals surface area contributed by atoms with Crippen LogP contribution >= 0.6 is 15.9 Å². The number of hydrogen-bond acceptors (Lipinski definition) is 3. The van der Waals surface area contributed by atoms with Gasteiger partial charge in [0.2, 0.25) is 0 Å². The zero-order valence-electron chi connectivity index (χ0n) is 14.5. The summed E-state index contributed by atoms with van der Waals surface area (Å²) < 4.78 is 0.833. The fraction of sp³-hybridized carbons (Fsp3) is 0.211. The van der Waals surface area contributed by atoms with Gasteiger partial charge in [-0.3, -0.25) is 9.59 Å². The maximum Gasteiger partial charge on any atom is 0.279 e. The number of carbonyl (C=O) groups excluding carboxylic acids is 1. The van der Waals surface area contributed by atoms with Crippen LogP contribution in [-0.2, 0) is 4.79 Å². The number of likely N-dealkylation sites (N-methyl/N-ethyl adjacent to an activating group) is 1. The van der Waals surface area contributed by atoms with Crippen molar-refractivity contribution in [1.29, 1.82) is 0 Å². The molecule has 134 valence electrons. The summed E-state index contributed by atoms with van der Waals surface area (Å²) in [6.45, 7) is 2.19. The minimum atomic E-state index is -0.164. The van der Waals surface area contributed by atoms with Crippen molar-refractivity contribution in [3.8, 4) is 0 Å². The second-order valence-electron chi connectivity index (χ2n) is 6.24. The molecule has 1 aromatic heterocycles. The molecule has 26 heavy (non-hydrogen) atoms. The molecule has 2 aromatic carbocycles. The highest BCUT2D eigenvalue weighted by Gasteiger charge is 2.21. The van der Waals surface area contributed by atoms with E-state index in [2.05, 4.69) is 31.2 Å². The third kappa shape index (κ3) is 4.00. The predicted molar refractivity (Wildman–Crippen MR) is 105 cm³/mol. The molecular weight excluding hydrogens is 396 g/mol. The molecule has 0 spiro atoms. The molecule has 0 fully saturated rings. The Bertz CT molecular complexity index is 1000. The number of aromatic amines is 1. The minimum Gasteiger partial charge on any atom is -0.321 e.